The standard InChI is InChI=1S/C22H20ClF5N6O4/c1-11-15(7-30-17-9-29-16(8-31-17)20(24,25)26)34(22(36,37)21(27,28)38-11)19(35)18-14(10-33(2)32-18)12-3-5-13(23)6-4-12/h3-6,8-11,15,36-37H,7H2,1-2H3,(H,30,31). The zero-order valence-corrected chi connectivity index (χ0v) is 20.4. The molecule has 1 saturated heterocycles. The molecule has 1 amide bonds. The summed E-state index contributed by atoms with van der Waals surface area (Å²) in [7, 11) is 1.47. The number of aromatic nitrogens is 4. The van der Waals surface area contributed by atoms with E-state index in [1.807, 2.05) is 0 Å². The van der Waals surface area contributed by atoms with Crippen LogP contribution in [0.5, 0.6) is 0 Å². The molecule has 0 radical (unpaired) electrons. The minimum atomic E-state index is -4.73. The highest BCUT2D eigenvalue weighted by Gasteiger charge is 2.66. The van der Waals surface area contributed by atoms with E-state index in [9.17, 15) is 37.0 Å². The van der Waals surface area contributed by atoms with Crippen LogP contribution in [0.15, 0.2) is 42.9 Å². The van der Waals surface area contributed by atoms with Gasteiger partial charge in [-0.2, -0.15) is 27.1 Å². The normalized spacial score (nSPS) is 20.8. The van der Waals surface area contributed by atoms with Gasteiger partial charge in [-0.1, -0.05) is 23.7 Å². The number of hydrogen-bond donors (Lipinski definition) is 3. The van der Waals surface area contributed by atoms with Crippen LogP contribution in [-0.4, -0.2) is 71.5 Å². The Kier molecular flexibility index (Phi) is 7.07. The Morgan fingerprint density at radius 3 is 2.42 bits per heavy atom. The lowest BCUT2D eigenvalue weighted by atomic mass is 10.0. The van der Waals surface area contributed by atoms with E-state index in [0.717, 1.165) is 13.1 Å². The minimum absolute atomic E-state index is 0.118. The fourth-order valence-electron chi connectivity index (χ4n) is 3.90. The summed E-state index contributed by atoms with van der Waals surface area (Å²) in [6.45, 7) is 0.668. The Labute approximate surface area is 216 Å². The Bertz CT molecular complexity index is 1320. The van der Waals surface area contributed by atoms with Crippen molar-refractivity contribution in [1.82, 2.24) is 24.6 Å². The first kappa shape index (κ1) is 27.6. The number of benzene rings is 1. The van der Waals surface area contributed by atoms with Gasteiger partial charge in [-0.15, -0.1) is 0 Å². The third-order valence-corrected chi connectivity index (χ3v) is 6.03. The van der Waals surface area contributed by atoms with Crippen molar-refractivity contribution in [2.75, 3.05) is 11.9 Å². The van der Waals surface area contributed by atoms with Gasteiger partial charge in [0.05, 0.1) is 24.5 Å². The first-order chi connectivity index (χ1) is 17.6. The van der Waals surface area contributed by atoms with Crippen molar-refractivity contribution in [2.45, 2.75) is 37.3 Å². The molecule has 1 fully saturated rings. The molecule has 3 heterocycles. The predicted octanol–water partition coefficient (Wildman–Crippen LogP) is 3.12. The zero-order valence-electron chi connectivity index (χ0n) is 19.6. The molecule has 1 aliphatic rings. The molecule has 2 unspecified atom stereocenters. The maximum atomic E-state index is 14.6. The Morgan fingerprint density at radius 2 is 1.84 bits per heavy atom. The van der Waals surface area contributed by atoms with Crippen LogP contribution >= 0.6 is 11.6 Å². The van der Waals surface area contributed by atoms with Crippen LogP contribution in [0.25, 0.3) is 11.1 Å². The van der Waals surface area contributed by atoms with E-state index in [1.165, 1.54) is 30.1 Å². The number of carbonyl (C=O) groups excluding carboxylic acids is 1. The van der Waals surface area contributed by atoms with Gasteiger partial charge in [-0.25, -0.2) is 9.97 Å². The molecular formula is C22H20ClF5N6O4. The summed E-state index contributed by atoms with van der Waals surface area (Å²) < 4.78 is 73.3. The molecular weight excluding hydrogens is 543 g/mol. The lowest BCUT2D eigenvalue weighted by Gasteiger charge is -2.50. The van der Waals surface area contributed by atoms with Gasteiger partial charge in [0.1, 0.15) is 5.82 Å². The highest BCUT2D eigenvalue weighted by atomic mass is 35.5. The zero-order chi connectivity index (χ0) is 28.0. The minimum Gasteiger partial charge on any atom is -0.367 e. The van der Waals surface area contributed by atoms with Gasteiger partial charge in [-0.05, 0) is 24.6 Å². The van der Waals surface area contributed by atoms with Crippen LogP contribution in [0.2, 0.25) is 5.02 Å². The molecule has 38 heavy (non-hydrogen) atoms. The van der Waals surface area contributed by atoms with Crippen molar-refractivity contribution >= 4 is 23.3 Å². The summed E-state index contributed by atoms with van der Waals surface area (Å²) in [6, 6.07) is 4.69. The molecule has 1 aromatic carbocycles. The van der Waals surface area contributed by atoms with E-state index in [2.05, 4.69) is 25.1 Å². The molecule has 0 bridgehead atoms. The number of hydrogen-bond acceptors (Lipinski definition) is 8. The predicted molar refractivity (Wildman–Crippen MR) is 122 cm³/mol. The fraction of sp³-hybridized carbons (Fsp3) is 0.364. The lowest BCUT2D eigenvalue weighted by Crippen LogP contribution is -2.74. The number of ether oxygens (including phenoxy) is 1. The quantitative estimate of drug-likeness (QED) is 0.320. The number of aryl methyl sites for hydroxylation is 1. The summed E-state index contributed by atoms with van der Waals surface area (Å²) in [6.07, 6.45) is -8.19. The second-order valence-corrected chi connectivity index (χ2v) is 8.89. The van der Waals surface area contributed by atoms with Gasteiger partial charge < -0.3 is 20.3 Å². The van der Waals surface area contributed by atoms with Crippen LogP contribution in [-0.2, 0) is 18.0 Å². The second kappa shape index (κ2) is 9.72. The third-order valence-electron chi connectivity index (χ3n) is 5.77. The highest BCUT2D eigenvalue weighted by Crippen LogP contribution is 2.41. The van der Waals surface area contributed by atoms with Gasteiger partial charge in [0, 0.05) is 30.4 Å². The number of nitrogens with one attached hydrogen (secondary N) is 1. The van der Waals surface area contributed by atoms with Crippen LogP contribution in [0.4, 0.5) is 27.8 Å². The summed E-state index contributed by atoms with van der Waals surface area (Å²) >= 11 is 5.92. The molecule has 0 saturated carbocycles. The van der Waals surface area contributed by atoms with E-state index in [-0.39, 0.29) is 22.0 Å². The molecule has 0 aliphatic carbocycles. The summed E-state index contributed by atoms with van der Waals surface area (Å²) in [5, 5.41) is 27.9. The highest BCUT2D eigenvalue weighted by molar-refractivity contribution is 6.30. The van der Waals surface area contributed by atoms with Crippen molar-refractivity contribution in [3.05, 3.63) is 59.3 Å². The maximum absolute atomic E-state index is 14.6. The van der Waals surface area contributed by atoms with E-state index in [4.69, 9.17) is 11.6 Å². The van der Waals surface area contributed by atoms with Crippen molar-refractivity contribution in [1.29, 1.82) is 0 Å². The van der Waals surface area contributed by atoms with Crippen LogP contribution in [0.3, 0.4) is 0 Å². The smallest absolute Gasteiger partial charge is 0.367 e. The van der Waals surface area contributed by atoms with Crippen molar-refractivity contribution < 1.29 is 41.7 Å². The maximum Gasteiger partial charge on any atom is 0.434 e. The van der Waals surface area contributed by atoms with Crippen LogP contribution in [0, 0.1) is 0 Å². The molecule has 2 aromatic heterocycles. The molecule has 3 aromatic rings. The summed E-state index contributed by atoms with van der Waals surface area (Å²) in [5.74, 6) is -5.60. The number of rotatable bonds is 5. The average Bonchev–Trinajstić information content (AvgIpc) is 3.21. The van der Waals surface area contributed by atoms with Gasteiger partial charge in [0.15, 0.2) is 11.4 Å². The van der Waals surface area contributed by atoms with Crippen molar-refractivity contribution in [3.63, 3.8) is 0 Å². The lowest BCUT2D eigenvalue weighted by molar-refractivity contribution is -0.473. The first-order valence-corrected chi connectivity index (χ1v) is 11.3. The van der Waals surface area contributed by atoms with Crippen molar-refractivity contribution in [3.8, 4) is 11.1 Å². The van der Waals surface area contributed by atoms with Gasteiger partial charge in [-0.3, -0.25) is 14.4 Å². The van der Waals surface area contributed by atoms with E-state index >= 15 is 0 Å². The molecule has 1 aliphatic heterocycles. The number of anilines is 1. The van der Waals surface area contributed by atoms with E-state index in [0.29, 0.717) is 16.8 Å². The SMILES string of the molecule is CC1OC(F)(F)C(O)(O)N(C(=O)c2nn(C)cc2-c2ccc(Cl)cc2)C1CNc1cnc(C(F)(F)F)cn1. The molecule has 204 valence electrons. The van der Waals surface area contributed by atoms with Gasteiger partial charge >= 0.3 is 18.2 Å². The fourth-order valence-corrected chi connectivity index (χ4v) is 4.02. The van der Waals surface area contributed by atoms with E-state index < -0.39 is 48.5 Å². The summed E-state index contributed by atoms with van der Waals surface area (Å²) in [5.41, 5.74) is -1.02. The number of nitrogens with zero attached hydrogens (tertiary/aromatic N) is 5. The van der Waals surface area contributed by atoms with Crippen LogP contribution in [0.1, 0.15) is 23.1 Å². The monoisotopic (exact) mass is 562 g/mol. The number of carbonyl (C=O) groups is 1. The molecule has 16 heteroatoms. The number of aliphatic hydroxyl groups is 2. The molecule has 4 rings (SSSR count). The topological polar surface area (TPSA) is 126 Å². The molecule has 0 spiro atoms. The summed E-state index contributed by atoms with van der Waals surface area (Å²) in [4.78, 5) is 20.6. The Balaban J connectivity index is 1.69. The van der Waals surface area contributed by atoms with E-state index in [1.54, 1.807) is 12.1 Å². The average molecular weight is 563 g/mol. The number of amides is 1. The Hall–Kier alpha value is -3.40. The second-order valence-electron chi connectivity index (χ2n) is 8.46. The Morgan fingerprint density at radius 1 is 1.18 bits per heavy atom. The molecule has 2 atom stereocenters. The van der Waals surface area contributed by atoms with Crippen molar-refractivity contribution in [2.24, 2.45) is 7.05 Å². The number of morpholine rings is 1. The first-order valence-electron chi connectivity index (χ1n) is 10.9. The third kappa shape index (κ3) is 5.14. The molecule has 3 N–H and O–H groups in total. The largest absolute Gasteiger partial charge is 0.434 e. The molecule has 10 nitrogen and oxygen atoms in total. The van der Waals surface area contributed by atoms with Crippen LogP contribution < -0.4 is 5.32 Å². The number of alkyl halides is 5. The number of halogens is 6. The van der Waals surface area contributed by atoms with Gasteiger partial charge in [0.2, 0.25) is 0 Å². The van der Waals surface area contributed by atoms with Gasteiger partial charge in [0.25, 0.3) is 5.91 Å².